The highest BCUT2D eigenvalue weighted by atomic mass is 16.5. The predicted octanol–water partition coefficient (Wildman–Crippen LogP) is 2.53. The third-order valence-electron chi connectivity index (χ3n) is 6.03. The summed E-state index contributed by atoms with van der Waals surface area (Å²) in [4.78, 5) is 2.55. The number of hydrogen-bond donors (Lipinski definition) is 1. The van der Waals surface area contributed by atoms with E-state index in [4.69, 9.17) is 10.3 Å². The Balaban J connectivity index is 1.51. The summed E-state index contributed by atoms with van der Waals surface area (Å²) in [5, 5.41) is 4.01. The van der Waals surface area contributed by atoms with Crippen LogP contribution in [0, 0.1) is 17.8 Å². The molecule has 0 atom stereocenters. The van der Waals surface area contributed by atoms with Crippen molar-refractivity contribution in [3.8, 4) is 0 Å². The third kappa shape index (κ3) is 2.01. The lowest BCUT2D eigenvalue weighted by Gasteiger charge is -2.59. The molecule has 4 fully saturated rings. The van der Waals surface area contributed by atoms with Crippen molar-refractivity contribution in [3.63, 3.8) is 0 Å². The van der Waals surface area contributed by atoms with Gasteiger partial charge in [0.05, 0.1) is 12.2 Å². The summed E-state index contributed by atoms with van der Waals surface area (Å²) in [5.41, 5.74) is 6.90. The third-order valence-corrected chi connectivity index (χ3v) is 6.03. The van der Waals surface area contributed by atoms with E-state index >= 15 is 0 Å². The molecule has 4 bridgehead atoms. The Morgan fingerprint density at radius 2 is 1.85 bits per heavy atom. The lowest BCUT2D eigenvalue weighted by molar-refractivity contribution is -0.0841. The minimum absolute atomic E-state index is 0.435. The van der Waals surface area contributed by atoms with Crippen LogP contribution in [0.3, 0.4) is 0 Å². The highest BCUT2D eigenvalue weighted by molar-refractivity contribution is 5.10. The number of nitrogens with zero attached hydrogens (tertiary/aromatic N) is 2. The minimum atomic E-state index is 0.435. The molecule has 0 radical (unpaired) electrons. The molecule has 4 aliphatic carbocycles. The van der Waals surface area contributed by atoms with Crippen LogP contribution in [0.25, 0.3) is 0 Å². The first-order chi connectivity index (χ1) is 9.67. The van der Waals surface area contributed by atoms with Crippen molar-refractivity contribution < 1.29 is 4.52 Å². The highest BCUT2D eigenvalue weighted by Crippen LogP contribution is 2.57. The molecule has 4 heteroatoms. The summed E-state index contributed by atoms with van der Waals surface area (Å²) in [6.45, 7) is 1.34. The van der Waals surface area contributed by atoms with E-state index in [0.29, 0.717) is 12.1 Å². The van der Waals surface area contributed by atoms with Crippen LogP contribution >= 0.6 is 0 Å². The molecule has 4 saturated carbocycles. The van der Waals surface area contributed by atoms with Crippen molar-refractivity contribution in [2.75, 3.05) is 7.05 Å². The van der Waals surface area contributed by atoms with Crippen LogP contribution in [0.5, 0.6) is 0 Å². The number of aromatic nitrogens is 1. The van der Waals surface area contributed by atoms with E-state index < -0.39 is 0 Å². The smallest absolute Gasteiger partial charge is 0.151 e. The van der Waals surface area contributed by atoms with Crippen LogP contribution < -0.4 is 5.73 Å². The lowest BCUT2D eigenvalue weighted by Crippen LogP contribution is -2.58. The van der Waals surface area contributed by atoms with Gasteiger partial charge in [-0.2, -0.15) is 0 Å². The molecule has 0 spiro atoms. The molecule has 110 valence electrons. The Kier molecular flexibility index (Phi) is 2.93. The van der Waals surface area contributed by atoms with Gasteiger partial charge >= 0.3 is 0 Å². The molecule has 2 N–H and O–H groups in total. The molecule has 1 heterocycles. The quantitative estimate of drug-likeness (QED) is 0.917. The first-order valence-corrected chi connectivity index (χ1v) is 8.02. The van der Waals surface area contributed by atoms with Gasteiger partial charge in [0.25, 0.3) is 0 Å². The second-order valence-corrected chi connectivity index (χ2v) is 7.49. The molecule has 0 saturated heterocycles. The van der Waals surface area contributed by atoms with E-state index in [-0.39, 0.29) is 0 Å². The lowest BCUT2D eigenvalue weighted by atomic mass is 9.52. The summed E-state index contributed by atoms with van der Waals surface area (Å²) in [7, 11) is 2.28. The monoisotopic (exact) mass is 275 g/mol. The maximum Gasteiger partial charge on any atom is 0.151 e. The zero-order chi connectivity index (χ0) is 13.7. The fraction of sp³-hybridized carbons (Fsp3) is 0.812. The van der Waals surface area contributed by atoms with Crippen LogP contribution in [-0.4, -0.2) is 22.6 Å². The summed E-state index contributed by atoms with van der Waals surface area (Å²) >= 11 is 0. The molecule has 5 rings (SSSR count). The molecular formula is C16H25N3O. The molecule has 1 aromatic heterocycles. The van der Waals surface area contributed by atoms with Crippen molar-refractivity contribution >= 4 is 0 Å². The van der Waals surface area contributed by atoms with E-state index in [1.165, 1.54) is 38.5 Å². The molecule has 0 aromatic carbocycles. The zero-order valence-corrected chi connectivity index (χ0v) is 12.3. The Bertz CT molecular complexity index is 460. The minimum Gasteiger partial charge on any atom is -0.360 e. The van der Waals surface area contributed by atoms with Gasteiger partial charge in [-0.05, 0) is 63.3 Å². The Morgan fingerprint density at radius 1 is 1.25 bits per heavy atom. The van der Waals surface area contributed by atoms with Crippen molar-refractivity contribution in [1.29, 1.82) is 0 Å². The maximum absolute atomic E-state index is 5.60. The van der Waals surface area contributed by atoms with Gasteiger partial charge in [0.1, 0.15) is 0 Å². The average Bonchev–Trinajstić information content (AvgIpc) is 2.85. The second kappa shape index (κ2) is 4.57. The van der Waals surface area contributed by atoms with Crippen LogP contribution in [-0.2, 0) is 13.1 Å². The van der Waals surface area contributed by atoms with E-state index in [9.17, 15) is 0 Å². The van der Waals surface area contributed by atoms with E-state index in [1.54, 1.807) is 0 Å². The second-order valence-electron chi connectivity index (χ2n) is 7.49. The summed E-state index contributed by atoms with van der Waals surface area (Å²) in [5.74, 6) is 3.91. The van der Waals surface area contributed by atoms with Gasteiger partial charge in [-0.1, -0.05) is 5.16 Å². The van der Waals surface area contributed by atoms with Gasteiger partial charge in [0.2, 0.25) is 0 Å². The molecule has 4 nitrogen and oxygen atoms in total. The largest absolute Gasteiger partial charge is 0.360 e. The van der Waals surface area contributed by atoms with E-state index in [2.05, 4.69) is 17.1 Å². The van der Waals surface area contributed by atoms with Crippen molar-refractivity contribution in [3.05, 3.63) is 17.5 Å². The van der Waals surface area contributed by atoms with Crippen LogP contribution in [0.4, 0.5) is 0 Å². The van der Waals surface area contributed by atoms with Gasteiger partial charge in [0, 0.05) is 18.2 Å². The normalized spacial score (nSPS) is 38.9. The van der Waals surface area contributed by atoms with E-state index in [1.807, 2.05) is 6.07 Å². The molecule has 20 heavy (non-hydrogen) atoms. The summed E-state index contributed by atoms with van der Waals surface area (Å²) < 4.78 is 5.42. The van der Waals surface area contributed by atoms with Crippen molar-refractivity contribution in [2.45, 2.75) is 57.2 Å². The van der Waals surface area contributed by atoms with Gasteiger partial charge in [0.15, 0.2) is 5.76 Å². The molecule has 0 amide bonds. The molecular weight excluding hydrogens is 250 g/mol. The Morgan fingerprint density at radius 3 is 2.35 bits per heavy atom. The van der Waals surface area contributed by atoms with Gasteiger partial charge < -0.3 is 10.3 Å². The first kappa shape index (κ1) is 12.8. The van der Waals surface area contributed by atoms with Gasteiger partial charge in [-0.25, -0.2) is 0 Å². The van der Waals surface area contributed by atoms with Crippen molar-refractivity contribution in [2.24, 2.45) is 23.5 Å². The highest BCUT2D eigenvalue weighted by Gasteiger charge is 2.52. The standard InChI is InChI=1S/C16H25N3O/c1-19(10-15-5-14(9-17)18-20-15)16-6-11-2-12(7-16)4-13(3-11)8-16/h5,11-13H,2-4,6-10,17H2,1H3. The number of hydrogen-bond acceptors (Lipinski definition) is 4. The predicted molar refractivity (Wildman–Crippen MR) is 76.8 cm³/mol. The van der Waals surface area contributed by atoms with Gasteiger partial charge in [-0.15, -0.1) is 0 Å². The molecule has 1 aromatic rings. The zero-order valence-electron chi connectivity index (χ0n) is 12.3. The van der Waals surface area contributed by atoms with Gasteiger partial charge in [-0.3, -0.25) is 4.90 Å². The SMILES string of the molecule is CN(Cc1cc(CN)no1)C12CC3CC(CC(C3)C1)C2. The fourth-order valence-electron chi connectivity index (χ4n) is 5.46. The first-order valence-electron chi connectivity index (χ1n) is 8.02. The average molecular weight is 275 g/mol. The molecule has 0 unspecified atom stereocenters. The number of rotatable bonds is 4. The van der Waals surface area contributed by atoms with Crippen LogP contribution in [0.15, 0.2) is 10.6 Å². The maximum atomic E-state index is 5.60. The number of nitrogens with two attached hydrogens (primary N) is 1. The fourth-order valence-corrected chi connectivity index (χ4v) is 5.46. The summed E-state index contributed by atoms with van der Waals surface area (Å²) in [6.07, 6.45) is 8.67. The summed E-state index contributed by atoms with van der Waals surface area (Å²) in [6, 6.07) is 2.01. The topological polar surface area (TPSA) is 55.3 Å². The van der Waals surface area contributed by atoms with Crippen LogP contribution in [0.1, 0.15) is 50.0 Å². The van der Waals surface area contributed by atoms with E-state index in [0.717, 1.165) is 35.8 Å². The Hall–Kier alpha value is -0.870. The van der Waals surface area contributed by atoms with Crippen LogP contribution in [0.2, 0.25) is 0 Å². The molecule has 4 aliphatic rings. The Labute approximate surface area is 120 Å². The van der Waals surface area contributed by atoms with Crippen molar-refractivity contribution in [1.82, 2.24) is 10.1 Å². The molecule has 0 aliphatic heterocycles.